The minimum Gasteiger partial charge on any atom is -0.365 e. The first kappa shape index (κ1) is 17.2. The number of aryl methyl sites for hydroxylation is 3. The Morgan fingerprint density at radius 1 is 1.20 bits per heavy atom. The van der Waals surface area contributed by atoms with Crippen LogP contribution in [0.5, 0.6) is 0 Å². The second-order valence-electron chi connectivity index (χ2n) is 6.14. The molecule has 0 unspecified atom stereocenters. The van der Waals surface area contributed by atoms with E-state index in [4.69, 9.17) is 10.3 Å². The number of rotatable bonds is 4. The summed E-state index contributed by atoms with van der Waals surface area (Å²) in [6.07, 6.45) is 0.0592. The molecule has 0 aliphatic rings. The molecule has 0 saturated heterocycles. The van der Waals surface area contributed by atoms with Gasteiger partial charge in [0.05, 0.1) is 12.0 Å². The van der Waals surface area contributed by atoms with Crippen LogP contribution in [-0.2, 0) is 11.2 Å². The molecule has 0 atom stereocenters. The van der Waals surface area contributed by atoms with Crippen LogP contribution < -0.4 is 11.1 Å². The first-order valence-corrected chi connectivity index (χ1v) is 8.64. The lowest BCUT2D eigenvalue weighted by molar-refractivity contribution is -0.115. The molecule has 0 fully saturated rings. The van der Waals surface area contributed by atoms with Crippen molar-refractivity contribution in [2.75, 3.05) is 5.32 Å². The van der Waals surface area contributed by atoms with Gasteiger partial charge in [-0.05, 0) is 56.5 Å². The molecule has 2 amide bonds. The number of nitrogens with one attached hydrogen (secondary N) is 1. The van der Waals surface area contributed by atoms with Gasteiger partial charge in [-0.15, -0.1) is 11.3 Å². The van der Waals surface area contributed by atoms with Crippen molar-refractivity contribution in [3.05, 3.63) is 45.0 Å². The number of thiophene rings is 1. The van der Waals surface area contributed by atoms with Crippen molar-refractivity contribution < 1.29 is 14.1 Å². The van der Waals surface area contributed by atoms with Gasteiger partial charge < -0.3 is 15.6 Å². The van der Waals surface area contributed by atoms with Gasteiger partial charge >= 0.3 is 0 Å². The van der Waals surface area contributed by atoms with Crippen molar-refractivity contribution in [3.8, 4) is 0 Å². The van der Waals surface area contributed by atoms with E-state index in [1.807, 2.05) is 39.8 Å². The number of benzene rings is 1. The number of carbonyl (C=O) groups is 2. The highest BCUT2D eigenvalue weighted by molar-refractivity contribution is 7.16. The fourth-order valence-electron chi connectivity index (χ4n) is 2.71. The van der Waals surface area contributed by atoms with Crippen molar-refractivity contribution in [1.82, 2.24) is 5.16 Å². The van der Waals surface area contributed by atoms with Crippen molar-refractivity contribution in [2.45, 2.75) is 34.1 Å². The number of nitrogens with two attached hydrogens (primary N) is 1. The zero-order chi connectivity index (χ0) is 18.3. The molecule has 2 heterocycles. The molecule has 25 heavy (non-hydrogen) atoms. The zero-order valence-corrected chi connectivity index (χ0v) is 15.3. The largest absolute Gasteiger partial charge is 0.365 e. The van der Waals surface area contributed by atoms with E-state index in [0.717, 1.165) is 27.0 Å². The summed E-state index contributed by atoms with van der Waals surface area (Å²) in [5.41, 5.74) is 10.0. The zero-order valence-electron chi connectivity index (χ0n) is 14.5. The number of amides is 2. The normalized spacial score (nSPS) is 11.0. The summed E-state index contributed by atoms with van der Waals surface area (Å²) in [5.74, 6) is -0.813. The molecule has 3 N–H and O–H groups in total. The average molecular weight is 357 g/mol. The van der Waals surface area contributed by atoms with E-state index in [2.05, 4.69) is 10.5 Å². The number of fused-ring (bicyclic) bond motifs is 1. The molecule has 7 heteroatoms. The fourth-order valence-corrected chi connectivity index (χ4v) is 3.79. The second kappa shape index (κ2) is 6.33. The van der Waals surface area contributed by atoms with Gasteiger partial charge in [-0.25, -0.2) is 0 Å². The maximum Gasteiger partial charge on any atom is 0.251 e. The molecule has 3 rings (SSSR count). The van der Waals surface area contributed by atoms with Crippen molar-refractivity contribution in [3.63, 3.8) is 0 Å². The van der Waals surface area contributed by atoms with Gasteiger partial charge in [0, 0.05) is 10.3 Å². The lowest BCUT2D eigenvalue weighted by Crippen LogP contribution is -2.18. The molecule has 0 radical (unpaired) electrons. The second-order valence-corrected chi connectivity index (χ2v) is 7.36. The summed E-state index contributed by atoms with van der Waals surface area (Å²) >= 11 is 1.34. The van der Waals surface area contributed by atoms with Crippen LogP contribution in [0.25, 0.3) is 11.0 Å². The van der Waals surface area contributed by atoms with Gasteiger partial charge in [-0.2, -0.15) is 0 Å². The monoisotopic (exact) mass is 357 g/mol. The lowest BCUT2D eigenvalue weighted by atomic mass is 10.1. The minimum absolute atomic E-state index is 0.0592. The van der Waals surface area contributed by atoms with Crippen LogP contribution in [0.2, 0.25) is 0 Å². The van der Waals surface area contributed by atoms with E-state index in [1.165, 1.54) is 11.3 Å². The van der Waals surface area contributed by atoms with E-state index >= 15 is 0 Å². The molecule has 0 aliphatic heterocycles. The fraction of sp³-hybridized carbons (Fsp3) is 0.278. The van der Waals surface area contributed by atoms with Gasteiger partial charge in [0.2, 0.25) is 5.91 Å². The summed E-state index contributed by atoms with van der Waals surface area (Å²) in [6, 6.07) is 3.88. The SMILES string of the molecule is Cc1cc2onc(CC(=O)Nc3sc(C)c(C)c3C(N)=O)c2cc1C. The molecule has 3 aromatic rings. The van der Waals surface area contributed by atoms with Crippen LogP contribution in [-0.4, -0.2) is 17.0 Å². The number of primary amides is 1. The quantitative estimate of drug-likeness (QED) is 0.747. The highest BCUT2D eigenvalue weighted by atomic mass is 32.1. The summed E-state index contributed by atoms with van der Waals surface area (Å²) in [6.45, 7) is 7.70. The van der Waals surface area contributed by atoms with E-state index in [-0.39, 0.29) is 12.3 Å². The van der Waals surface area contributed by atoms with Gasteiger partial charge in [-0.3, -0.25) is 9.59 Å². The maximum absolute atomic E-state index is 12.4. The summed E-state index contributed by atoms with van der Waals surface area (Å²) in [4.78, 5) is 25.0. The smallest absolute Gasteiger partial charge is 0.251 e. The Morgan fingerprint density at radius 2 is 1.88 bits per heavy atom. The molecule has 1 aromatic carbocycles. The molecular formula is C18H19N3O3S. The number of anilines is 1. The van der Waals surface area contributed by atoms with Gasteiger partial charge in [0.1, 0.15) is 10.7 Å². The number of carbonyl (C=O) groups excluding carboxylic acids is 2. The molecule has 0 bridgehead atoms. The summed E-state index contributed by atoms with van der Waals surface area (Å²) in [7, 11) is 0. The highest BCUT2D eigenvalue weighted by Crippen LogP contribution is 2.32. The van der Waals surface area contributed by atoms with Gasteiger partial charge in [0.15, 0.2) is 5.58 Å². The molecule has 0 saturated carbocycles. The Morgan fingerprint density at radius 3 is 2.56 bits per heavy atom. The standard InChI is InChI=1S/C18H19N3O3S/c1-8-5-12-13(21-24-14(12)6-9(8)2)7-15(22)20-18-16(17(19)23)10(3)11(4)25-18/h5-6H,7H2,1-4H3,(H2,19,23)(H,20,22). The Labute approximate surface area is 149 Å². The van der Waals surface area contributed by atoms with E-state index in [0.29, 0.717) is 21.8 Å². The number of aromatic nitrogens is 1. The first-order valence-electron chi connectivity index (χ1n) is 7.83. The molecule has 2 aromatic heterocycles. The Bertz CT molecular complexity index is 1000. The van der Waals surface area contributed by atoms with E-state index < -0.39 is 5.91 Å². The number of hydrogen-bond donors (Lipinski definition) is 2. The minimum atomic E-state index is -0.546. The molecule has 0 spiro atoms. The predicted molar refractivity (Wildman–Crippen MR) is 98.1 cm³/mol. The topological polar surface area (TPSA) is 98.2 Å². The Kier molecular flexibility index (Phi) is 4.34. The highest BCUT2D eigenvalue weighted by Gasteiger charge is 2.20. The molecule has 0 aliphatic carbocycles. The lowest BCUT2D eigenvalue weighted by Gasteiger charge is -2.04. The molecule has 6 nitrogen and oxygen atoms in total. The number of hydrogen-bond acceptors (Lipinski definition) is 5. The van der Waals surface area contributed by atoms with Crippen LogP contribution in [0.1, 0.15) is 37.6 Å². The van der Waals surface area contributed by atoms with Crippen LogP contribution in [0.15, 0.2) is 16.7 Å². The van der Waals surface area contributed by atoms with E-state index in [9.17, 15) is 9.59 Å². The van der Waals surface area contributed by atoms with Crippen LogP contribution in [0, 0.1) is 27.7 Å². The van der Waals surface area contributed by atoms with Crippen molar-refractivity contribution in [1.29, 1.82) is 0 Å². The van der Waals surface area contributed by atoms with Crippen LogP contribution >= 0.6 is 11.3 Å². The van der Waals surface area contributed by atoms with Crippen molar-refractivity contribution in [2.24, 2.45) is 5.73 Å². The third-order valence-corrected chi connectivity index (χ3v) is 5.50. The predicted octanol–water partition coefficient (Wildman–Crippen LogP) is 3.40. The Balaban J connectivity index is 1.86. The van der Waals surface area contributed by atoms with E-state index in [1.54, 1.807) is 0 Å². The average Bonchev–Trinajstić information content (AvgIpc) is 3.01. The third kappa shape index (κ3) is 3.15. The maximum atomic E-state index is 12.4. The Hall–Kier alpha value is -2.67. The van der Waals surface area contributed by atoms with Gasteiger partial charge in [0.25, 0.3) is 5.91 Å². The summed E-state index contributed by atoms with van der Waals surface area (Å²) < 4.78 is 5.32. The third-order valence-electron chi connectivity index (χ3n) is 4.37. The summed E-state index contributed by atoms with van der Waals surface area (Å²) in [5, 5.41) is 8.10. The number of nitrogens with zero attached hydrogens (tertiary/aromatic N) is 1. The molecule has 130 valence electrons. The molecular weight excluding hydrogens is 338 g/mol. The first-order chi connectivity index (χ1) is 11.8. The van der Waals surface area contributed by atoms with Gasteiger partial charge in [-0.1, -0.05) is 5.16 Å². The van der Waals surface area contributed by atoms with Crippen LogP contribution in [0.4, 0.5) is 5.00 Å². The van der Waals surface area contributed by atoms with Crippen LogP contribution in [0.3, 0.4) is 0 Å². The van der Waals surface area contributed by atoms with Crippen molar-refractivity contribution >= 4 is 39.1 Å².